The van der Waals surface area contributed by atoms with Gasteiger partial charge in [-0.2, -0.15) is 0 Å². The molecule has 1 aliphatic carbocycles. The molecular formula is C13H18N2. The molecule has 0 radical (unpaired) electrons. The molecule has 0 heterocycles. The third-order valence-electron chi connectivity index (χ3n) is 2.88. The van der Waals surface area contributed by atoms with E-state index in [-0.39, 0.29) is 0 Å². The minimum atomic E-state index is 0.300. The molecule has 0 unspecified atom stereocenters. The van der Waals surface area contributed by atoms with Crippen LogP contribution in [0.15, 0.2) is 29.3 Å². The molecule has 0 aromatic heterocycles. The SMILES string of the molecule is CC(C)N=C(N)C1Cc2ccccc2C1. The highest BCUT2D eigenvalue weighted by molar-refractivity contribution is 5.84. The number of aliphatic imine (C=N–C) groups is 1. The van der Waals surface area contributed by atoms with E-state index in [1.807, 2.05) is 0 Å². The Labute approximate surface area is 91.2 Å². The third-order valence-corrected chi connectivity index (χ3v) is 2.88. The maximum atomic E-state index is 6.01. The second-order valence-electron chi connectivity index (χ2n) is 4.52. The number of hydrogen-bond donors (Lipinski definition) is 1. The fourth-order valence-corrected chi connectivity index (χ4v) is 2.17. The molecule has 1 aromatic rings. The van der Waals surface area contributed by atoms with Crippen molar-refractivity contribution in [3.8, 4) is 0 Å². The Kier molecular flexibility index (Phi) is 2.76. The molecule has 1 aromatic carbocycles. The number of amidine groups is 1. The van der Waals surface area contributed by atoms with Crippen molar-refractivity contribution in [1.29, 1.82) is 0 Å². The van der Waals surface area contributed by atoms with E-state index in [9.17, 15) is 0 Å². The van der Waals surface area contributed by atoms with E-state index >= 15 is 0 Å². The summed E-state index contributed by atoms with van der Waals surface area (Å²) in [5, 5.41) is 0. The van der Waals surface area contributed by atoms with Gasteiger partial charge in [0.05, 0.1) is 5.84 Å². The van der Waals surface area contributed by atoms with Gasteiger partial charge in [0, 0.05) is 12.0 Å². The van der Waals surface area contributed by atoms with Gasteiger partial charge in [0.1, 0.15) is 0 Å². The monoisotopic (exact) mass is 202 g/mol. The first-order valence-corrected chi connectivity index (χ1v) is 5.56. The van der Waals surface area contributed by atoms with Gasteiger partial charge in [0.25, 0.3) is 0 Å². The summed E-state index contributed by atoms with van der Waals surface area (Å²) >= 11 is 0. The van der Waals surface area contributed by atoms with E-state index in [1.54, 1.807) is 0 Å². The van der Waals surface area contributed by atoms with Gasteiger partial charge < -0.3 is 5.73 Å². The van der Waals surface area contributed by atoms with E-state index in [0.717, 1.165) is 18.7 Å². The summed E-state index contributed by atoms with van der Waals surface area (Å²) in [6.45, 7) is 4.13. The molecule has 0 bridgehead atoms. The molecule has 0 saturated carbocycles. The minimum absolute atomic E-state index is 0.300. The normalized spacial score (nSPS) is 17.1. The van der Waals surface area contributed by atoms with E-state index in [1.165, 1.54) is 11.1 Å². The highest BCUT2D eigenvalue weighted by Gasteiger charge is 2.23. The van der Waals surface area contributed by atoms with Gasteiger partial charge in [-0.25, -0.2) is 0 Å². The van der Waals surface area contributed by atoms with Crippen LogP contribution < -0.4 is 5.73 Å². The van der Waals surface area contributed by atoms with Crippen molar-refractivity contribution in [3.05, 3.63) is 35.4 Å². The van der Waals surface area contributed by atoms with Gasteiger partial charge in [-0.15, -0.1) is 0 Å². The molecule has 2 N–H and O–H groups in total. The molecule has 2 rings (SSSR count). The number of nitrogens with two attached hydrogens (primary N) is 1. The van der Waals surface area contributed by atoms with Crippen molar-refractivity contribution in [1.82, 2.24) is 0 Å². The van der Waals surface area contributed by atoms with Crippen molar-refractivity contribution < 1.29 is 0 Å². The summed E-state index contributed by atoms with van der Waals surface area (Å²) < 4.78 is 0. The first-order chi connectivity index (χ1) is 7.16. The third kappa shape index (κ3) is 2.20. The smallest absolute Gasteiger partial charge is 0.0978 e. The Hall–Kier alpha value is -1.31. The molecule has 80 valence electrons. The van der Waals surface area contributed by atoms with Crippen molar-refractivity contribution in [2.24, 2.45) is 16.6 Å². The zero-order valence-corrected chi connectivity index (χ0v) is 9.40. The summed E-state index contributed by atoms with van der Waals surface area (Å²) in [7, 11) is 0. The highest BCUT2D eigenvalue weighted by Crippen LogP contribution is 2.26. The maximum Gasteiger partial charge on any atom is 0.0978 e. The molecule has 15 heavy (non-hydrogen) atoms. The zero-order valence-electron chi connectivity index (χ0n) is 9.40. The molecule has 0 aliphatic heterocycles. The van der Waals surface area contributed by atoms with E-state index in [4.69, 9.17) is 5.73 Å². The standard InChI is InChI=1S/C13H18N2/c1-9(2)15-13(14)12-7-10-5-3-4-6-11(10)8-12/h3-6,9,12H,7-8H2,1-2H3,(H2,14,15). The lowest BCUT2D eigenvalue weighted by Crippen LogP contribution is -2.25. The maximum absolute atomic E-state index is 6.01. The lowest BCUT2D eigenvalue weighted by molar-refractivity contribution is 0.718. The number of nitrogens with zero attached hydrogens (tertiary/aromatic N) is 1. The molecule has 0 atom stereocenters. The van der Waals surface area contributed by atoms with Crippen molar-refractivity contribution in [2.75, 3.05) is 0 Å². The molecule has 2 nitrogen and oxygen atoms in total. The predicted molar refractivity (Wildman–Crippen MR) is 64.1 cm³/mol. The Morgan fingerprint density at radius 1 is 1.27 bits per heavy atom. The van der Waals surface area contributed by atoms with Crippen LogP contribution in [0.1, 0.15) is 25.0 Å². The average molecular weight is 202 g/mol. The number of rotatable bonds is 2. The largest absolute Gasteiger partial charge is 0.387 e. The minimum Gasteiger partial charge on any atom is -0.387 e. The lowest BCUT2D eigenvalue weighted by atomic mass is 10.1. The topological polar surface area (TPSA) is 38.4 Å². The zero-order chi connectivity index (χ0) is 10.8. The van der Waals surface area contributed by atoms with Crippen LogP contribution >= 0.6 is 0 Å². The van der Waals surface area contributed by atoms with E-state index in [0.29, 0.717) is 12.0 Å². The molecule has 1 aliphatic rings. The summed E-state index contributed by atoms with van der Waals surface area (Å²) in [6, 6.07) is 8.87. The average Bonchev–Trinajstić information content (AvgIpc) is 2.59. The Balaban J connectivity index is 2.13. The van der Waals surface area contributed by atoms with Crippen LogP contribution in [0, 0.1) is 5.92 Å². The van der Waals surface area contributed by atoms with Gasteiger partial charge in [-0.1, -0.05) is 24.3 Å². The number of hydrogen-bond acceptors (Lipinski definition) is 1. The van der Waals surface area contributed by atoms with Crippen LogP contribution in [0.3, 0.4) is 0 Å². The quantitative estimate of drug-likeness (QED) is 0.579. The van der Waals surface area contributed by atoms with Crippen LogP contribution in [-0.4, -0.2) is 11.9 Å². The van der Waals surface area contributed by atoms with Crippen LogP contribution in [0.5, 0.6) is 0 Å². The van der Waals surface area contributed by atoms with Gasteiger partial charge in [-0.3, -0.25) is 4.99 Å². The first kappa shape index (κ1) is 10.2. The van der Waals surface area contributed by atoms with Gasteiger partial charge in [-0.05, 0) is 37.8 Å². The van der Waals surface area contributed by atoms with Crippen LogP contribution in [-0.2, 0) is 12.8 Å². The van der Waals surface area contributed by atoms with Crippen LogP contribution in [0.4, 0.5) is 0 Å². The summed E-state index contributed by atoms with van der Waals surface area (Å²) in [5.41, 5.74) is 8.88. The van der Waals surface area contributed by atoms with Gasteiger partial charge in [0.2, 0.25) is 0 Å². The van der Waals surface area contributed by atoms with E-state index < -0.39 is 0 Å². The lowest BCUT2D eigenvalue weighted by Gasteiger charge is -2.09. The first-order valence-electron chi connectivity index (χ1n) is 5.56. The van der Waals surface area contributed by atoms with Crippen molar-refractivity contribution in [3.63, 3.8) is 0 Å². The van der Waals surface area contributed by atoms with E-state index in [2.05, 4.69) is 43.1 Å². The molecule has 0 amide bonds. The molecule has 0 fully saturated rings. The van der Waals surface area contributed by atoms with Gasteiger partial charge >= 0.3 is 0 Å². The predicted octanol–water partition coefficient (Wildman–Crippen LogP) is 2.17. The summed E-state index contributed by atoms with van der Waals surface area (Å²) in [4.78, 5) is 4.44. The fourth-order valence-electron chi connectivity index (χ4n) is 2.17. The van der Waals surface area contributed by atoms with Gasteiger partial charge in [0.15, 0.2) is 0 Å². The second kappa shape index (κ2) is 4.05. The Bertz CT molecular complexity index is 355. The molecule has 0 spiro atoms. The number of fused-ring (bicyclic) bond motifs is 1. The number of benzene rings is 1. The summed E-state index contributed by atoms with van der Waals surface area (Å²) in [6.07, 6.45) is 2.11. The Morgan fingerprint density at radius 3 is 2.27 bits per heavy atom. The fraction of sp³-hybridized carbons (Fsp3) is 0.462. The highest BCUT2D eigenvalue weighted by atomic mass is 14.9. The van der Waals surface area contributed by atoms with Crippen LogP contribution in [0.2, 0.25) is 0 Å². The second-order valence-corrected chi connectivity index (χ2v) is 4.52. The van der Waals surface area contributed by atoms with Crippen molar-refractivity contribution in [2.45, 2.75) is 32.7 Å². The molecular weight excluding hydrogens is 184 g/mol. The molecule has 2 heteroatoms. The van der Waals surface area contributed by atoms with Crippen molar-refractivity contribution >= 4 is 5.84 Å². The molecule has 0 saturated heterocycles. The van der Waals surface area contributed by atoms with Crippen LogP contribution in [0.25, 0.3) is 0 Å². The summed E-state index contributed by atoms with van der Waals surface area (Å²) in [5.74, 6) is 1.24. The Morgan fingerprint density at radius 2 is 1.80 bits per heavy atom.